The SMILES string of the molecule is CCOc1ccc(NC(=O)[C@@H](C)N(c2cc(C)ccc2C)S(C)(=O)=O)cc1. The number of nitrogens with one attached hydrogen (secondary N) is 1. The molecule has 0 radical (unpaired) electrons. The lowest BCUT2D eigenvalue weighted by atomic mass is 10.1. The number of anilines is 2. The summed E-state index contributed by atoms with van der Waals surface area (Å²) in [5, 5.41) is 2.77. The van der Waals surface area contributed by atoms with Gasteiger partial charge in [0.05, 0.1) is 18.6 Å². The van der Waals surface area contributed by atoms with Crippen LogP contribution in [0.4, 0.5) is 11.4 Å². The van der Waals surface area contributed by atoms with E-state index in [2.05, 4.69) is 5.32 Å². The maximum Gasteiger partial charge on any atom is 0.247 e. The second-order valence-electron chi connectivity index (χ2n) is 6.47. The molecule has 27 heavy (non-hydrogen) atoms. The predicted octanol–water partition coefficient (Wildman–Crippen LogP) is 3.50. The van der Waals surface area contributed by atoms with Crippen LogP contribution in [0.25, 0.3) is 0 Å². The lowest BCUT2D eigenvalue weighted by molar-refractivity contribution is -0.116. The maximum absolute atomic E-state index is 12.7. The summed E-state index contributed by atoms with van der Waals surface area (Å²) in [6.07, 6.45) is 1.11. The molecule has 146 valence electrons. The van der Waals surface area contributed by atoms with E-state index in [0.29, 0.717) is 23.7 Å². The third kappa shape index (κ3) is 5.23. The highest BCUT2D eigenvalue weighted by molar-refractivity contribution is 7.92. The zero-order valence-corrected chi connectivity index (χ0v) is 17.1. The van der Waals surface area contributed by atoms with Gasteiger partial charge in [0, 0.05) is 5.69 Å². The molecule has 0 unspecified atom stereocenters. The highest BCUT2D eigenvalue weighted by Gasteiger charge is 2.30. The van der Waals surface area contributed by atoms with Crippen LogP contribution in [0.2, 0.25) is 0 Å². The normalized spacial score (nSPS) is 12.3. The number of hydrogen-bond acceptors (Lipinski definition) is 4. The fourth-order valence-electron chi connectivity index (χ4n) is 2.79. The number of carbonyl (C=O) groups is 1. The topological polar surface area (TPSA) is 75.7 Å². The predicted molar refractivity (Wildman–Crippen MR) is 109 cm³/mol. The Bertz CT molecular complexity index is 908. The largest absolute Gasteiger partial charge is 0.494 e. The molecular weight excluding hydrogens is 364 g/mol. The van der Waals surface area contributed by atoms with E-state index in [4.69, 9.17) is 4.74 Å². The molecule has 7 heteroatoms. The average Bonchev–Trinajstić information content (AvgIpc) is 2.59. The summed E-state index contributed by atoms with van der Waals surface area (Å²) in [6, 6.07) is 11.6. The molecule has 0 saturated carbocycles. The van der Waals surface area contributed by atoms with Crippen LogP contribution < -0.4 is 14.4 Å². The van der Waals surface area contributed by atoms with Crippen molar-refractivity contribution in [3.8, 4) is 5.75 Å². The Balaban J connectivity index is 2.28. The first-order valence-corrected chi connectivity index (χ1v) is 10.6. The average molecular weight is 391 g/mol. The van der Waals surface area contributed by atoms with Gasteiger partial charge in [-0.15, -0.1) is 0 Å². The Kier molecular flexibility index (Phi) is 6.49. The van der Waals surface area contributed by atoms with Crippen molar-refractivity contribution in [3.63, 3.8) is 0 Å². The number of aryl methyl sites for hydroxylation is 2. The van der Waals surface area contributed by atoms with Crippen molar-refractivity contribution in [2.24, 2.45) is 0 Å². The van der Waals surface area contributed by atoms with Gasteiger partial charge in [-0.2, -0.15) is 0 Å². The van der Waals surface area contributed by atoms with Crippen molar-refractivity contribution < 1.29 is 17.9 Å². The first-order chi connectivity index (χ1) is 12.6. The molecule has 2 aromatic carbocycles. The number of nitrogens with zero attached hydrogens (tertiary/aromatic N) is 1. The third-order valence-corrected chi connectivity index (χ3v) is 5.35. The van der Waals surface area contributed by atoms with Gasteiger partial charge >= 0.3 is 0 Å². The third-order valence-electron chi connectivity index (χ3n) is 4.12. The van der Waals surface area contributed by atoms with Gasteiger partial charge in [-0.1, -0.05) is 12.1 Å². The van der Waals surface area contributed by atoms with Gasteiger partial charge < -0.3 is 10.1 Å². The lowest BCUT2D eigenvalue weighted by Crippen LogP contribution is -2.45. The molecule has 0 spiro atoms. The minimum Gasteiger partial charge on any atom is -0.494 e. The van der Waals surface area contributed by atoms with Crippen LogP contribution in [0, 0.1) is 13.8 Å². The van der Waals surface area contributed by atoms with Crippen LogP contribution in [-0.4, -0.2) is 33.2 Å². The van der Waals surface area contributed by atoms with Crippen molar-refractivity contribution in [2.45, 2.75) is 33.7 Å². The number of amides is 1. The van der Waals surface area contributed by atoms with Crippen LogP contribution in [-0.2, 0) is 14.8 Å². The van der Waals surface area contributed by atoms with Gasteiger partial charge in [0.25, 0.3) is 0 Å². The van der Waals surface area contributed by atoms with E-state index in [0.717, 1.165) is 17.4 Å². The molecule has 0 saturated heterocycles. The van der Waals surface area contributed by atoms with E-state index >= 15 is 0 Å². The highest BCUT2D eigenvalue weighted by atomic mass is 32.2. The van der Waals surface area contributed by atoms with E-state index in [1.807, 2.05) is 32.9 Å². The minimum atomic E-state index is -3.66. The molecule has 1 N–H and O–H groups in total. The molecule has 0 aliphatic rings. The highest BCUT2D eigenvalue weighted by Crippen LogP contribution is 2.27. The Morgan fingerprint density at radius 1 is 1.15 bits per heavy atom. The van der Waals surface area contributed by atoms with E-state index in [-0.39, 0.29) is 0 Å². The summed E-state index contributed by atoms with van der Waals surface area (Å²) in [5.74, 6) is 0.294. The first kappa shape index (κ1) is 20.8. The molecule has 0 aliphatic heterocycles. The minimum absolute atomic E-state index is 0.412. The molecule has 2 rings (SSSR count). The van der Waals surface area contributed by atoms with E-state index in [9.17, 15) is 13.2 Å². The van der Waals surface area contributed by atoms with Crippen molar-refractivity contribution in [1.29, 1.82) is 0 Å². The molecule has 2 aromatic rings. The monoisotopic (exact) mass is 390 g/mol. The maximum atomic E-state index is 12.7. The molecule has 0 heterocycles. The van der Waals surface area contributed by atoms with Crippen molar-refractivity contribution in [2.75, 3.05) is 22.5 Å². The molecule has 0 bridgehead atoms. The summed E-state index contributed by atoms with van der Waals surface area (Å²) in [6.45, 7) is 7.73. The van der Waals surface area contributed by atoms with E-state index in [1.165, 1.54) is 4.31 Å². The fraction of sp³-hybridized carbons (Fsp3) is 0.350. The first-order valence-electron chi connectivity index (χ1n) is 8.74. The standard InChI is InChI=1S/C20H26N2O4S/c1-6-26-18-11-9-17(10-12-18)21-20(23)16(4)22(27(5,24)25)19-13-14(2)7-8-15(19)3/h7-13,16H,6H2,1-5H3,(H,21,23)/t16-/m1/s1. The van der Waals surface area contributed by atoms with E-state index in [1.54, 1.807) is 37.3 Å². The quantitative estimate of drug-likeness (QED) is 0.785. The summed E-state index contributed by atoms with van der Waals surface area (Å²) in [5.41, 5.74) is 2.78. The number of hydrogen-bond donors (Lipinski definition) is 1. The van der Waals surface area contributed by atoms with Crippen molar-refractivity contribution in [1.82, 2.24) is 0 Å². The number of sulfonamides is 1. The van der Waals surface area contributed by atoms with Crippen LogP contribution >= 0.6 is 0 Å². The zero-order valence-electron chi connectivity index (χ0n) is 16.3. The fourth-order valence-corrected chi connectivity index (χ4v) is 4.01. The Hall–Kier alpha value is -2.54. The Labute approximate surface area is 161 Å². The number of ether oxygens (including phenoxy) is 1. The van der Waals surface area contributed by atoms with Gasteiger partial charge in [0.2, 0.25) is 15.9 Å². The molecule has 0 aromatic heterocycles. The molecular formula is C20H26N2O4S. The van der Waals surface area contributed by atoms with Crippen LogP contribution in [0.3, 0.4) is 0 Å². The van der Waals surface area contributed by atoms with Crippen LogP contribution in [0.1, 0.15) is 25.0 Å². The van der Waals surface area contributed by atoms with Gasteiger partial charge in [-0.25, -0.2) is 8.42 Å². The molecule has 1 amide bonds. The summed E-state index contributed by atoms with van der Waals surface area (Å²) in [4.78, 5) is 12.7. The van der Waals surface area contributed by atoms with Crippen molar-refractivity contribution in [3.05, 3.63) is 53.6 Å². The number of carbonyl (C=O) groups excluding carboxylic acids is 1. The molecule has 0 aliphatic carbocycles. The second-order valence-corrected chi connectivity index (χ2v) is 8.33. The van der Waals surface area contributed by atoms with Crippen molar-refractivity contribution >= 4 is 27.3 Å². The van der Waals surface area contributed by atoms with Gasteiger partial charge in [-0.3, -0.25) is 9.10 Å². The lowest BCUT2D eigenvalue weighted by Gasteiger charge is -2.29. The summed E-state index contributed by atoms with van der Waals surface area (Å²) >= 11 is 0. The van der Waals surface area contributed by atoms with Crippen LogP contribution in [0.5, 0.6) is 5.75 Å². The Morgan fingerprint density at radius 3 is 2.33 bits per heavy atom. The van der Waals surface area contributed by atoms with E-state index < -0.39 is 22.0 Å². The summed E-state index contributed by atoms with van der Waals surface area (Å²) < 4.78 is 31.4. The van der Waals surface area contributed by atoms with Gasteiger partial charge in [0.1, 0.15) is 11.8 Å². The molecule has 0 fully saturated rings. The molecule has 6 nitrogen and oxygen atoms in total. The zero-order chi connectivity index (χ0) is 20.2. The smallest absolute Gasteiger partial charge is 0.247 e. The van der Waals surface area contributed by atoms with Gasteiger partial charge in [0.15, 0.2) is 0 Å². The van der Waals surface area contributed by atoms with Gasteiger partial charge in [-0.05, 0) is 69.2 Å². The number of rotatable bonds is 7. The Morgan fingerprint density at radius 2 is 1.78 bits per heavy atom. The second kappa shape index (κ2) is 8.43. The number of benzene rings is 2. The summed E-state index contributed by atoms with van der Waals surface area (Å²) in [7, 11) is -3.66. The van der Waals surface area contributed by atoms with Crippen LogP contribution in [0.15, 0.2) is 42.5 Å². The molecule has 1 atom stereocenters.